The van der Waals surface area contributed by atoms with Crippen LogP contribution in [-0.4, -0.2) is 36.0 Å². The lowest BCUT2D eigenvalue weighted by Crippen LogP contribution is -2.43. The third-order valence-corrected chi connectivity index (χ3v) is 4.79. The lowest BCUT2D eigenvalue weighted by molar-refractivity contribution is -0.137. The normalized spacial score (nSPS) is 19.2. The van der Waals surface area contributed by atoms with E-state index in [-0.39, 0.29) is 30.4 Å². The number of alkyl halides is 3. The van der Waals surface area contributed by atoms with E-state index in [0.29, 0.717) is 12.8 Å². The highest BCUT2D eigenvalue weighted by Gasteiger charge is 2.30. The fourth-order valence-electron chi connectivity index (χ4n) is 2.54. The van der Waals surface area contributed by atoms with Crippen molar-refractivity contribution in [3.05, 3.63) is 35.4 Å². The third-order valence-electron chi connectivity index (χ3n) is 3.66. The van der Waals surface area contributed by atoms with E-state index in [1.807, 2.05) is 18.7 Å². The summed E-state index contributed by atoms with van der Waals surface area (Å²) in [7, 11) is 0. The van der Waals surface area contributed by atoms with E-state index in [1.165, 1.54) is 12.1 Å². The van der Waals surface area contributed by atoms with Gasteiger partial charge in [0.1, 0.15) is 0 Å². The van der Waals surface area contributed by atoms with Crippen LogP contribution in [0.1, 0.15) is 24.5 Å². The Labute approximate surface area is 150 Å². The van der Waals surface area contributed by atoms with Crippen LogP contribution in [0.15, 0.2) is 24.3 Å². The molecule has 2 atom stereocenters. The molecule has 1 heterocycles. The molecule has 3 nitrogen and oxygen atoms in total. The first kappa shape index (κ1) is 21.1. The minimum atomic E-state index is -4.32. The number of benzene rings is 1. The predicted octanol–water partition coefficient (Wildman–Crippen LogP) is 3.27. The van der Waals surface area contributed by atoms with Gasteiger partial charge in [0.15, 0.2) is 0 Å². The zero-order chi connectivity index (χ0) is 16.9. The summed E-state index contributed by atoms with van der Waals surface area (Å²) in [4.78, 5) is 12.0. The lowest BCUT2D eigenvalue weighted by atomic mass is 10.0. The average molecular weight is 383 g/mol. The molecule has 2 N–H and O–H groups in total. The maximum atomic E-state index is 12.5. The van der Waals surface area contributed by atoms with Crippen LogP contribution < -0.4 is 10.6 Å². The van der Waals surface area contributed by atoms with E-state index in [2.05, 4.69) is 10.6 Å². The summed E-state index contributed by atoms with van der Waals surface area (Å²) >= 11 is 1.84. The van der Waals surface area contributed by atoms with Crippen molar-refractivity contribution in [2.75, 3.05) is 18.1 Å². The van der Waals surface area contributed by atoms with Crippen LogP contribution in [-0.2, 0) is 17.4 Å². The number of nitrogens with one attached hydrogen (secondary N) is 2. The zero-order valence-electron chi connectivity index (χ0n) is 13.4. The van der Waals surface area contributed by atoms with Crippen LogP contribution in [0.25, 0.3) is 0 Å². The number of thioether (sulfide) groups is 1. The summed E-state index contributed by atoms with van der Waals surface area (Å²) in [5, 5.41) is 6.22. The van der Waals surface area contributed by atoms with Crippen LogP contribution in [0, 0.1) is 0 Å². The molecular formula is C16H22ClF3N2OS. The first-order valence-electron chi connectivity index (χ1n) is 7.61. The number of hydrogen-bond donors (Lipinski definition) is 2. The van der Waals surface area contributed by atoms with Gasteiger partial charge in [0.05, 0.1) is 5.56 Å². The van der Waals surface area contributed by atoms with Crippen LogP contribution in [0.4, 0.5) is 13.2 Å². The Morgan fingerprint density at radius 1 is 1.38 bits per heavy atom. The van der Waals surface area contributed by atoms with Gasteiger partial charge < -0.3 is 10.6 Å². The number of amides is 1. The molecule has 1 aliphatic rings. The van der Waals surface area contributed by atoms with Crippen molar-refractivity contribution < 1.29 is 18.0 Å². The third kappa shape index (κ3) is 6.91. The summed E-state index contributed by atoms with van der Waals surface area (Å²) in [6.45, 7) is 2.78. The summed E-state index contributed by atoms with van der Waals surface area (Å²) in [5.41, 5.74) is 0.121. The van der Waals surface area contributed by atoms with Crippen LogP contribution >= 0.6 is 24.2 Å². The summed E-state index contributed by atoms with van der Waals surface area (Å²) in [5.74, 6) is 1.98. The SMILES string of the molecule is CC(Cc1ccc(C(F)(F)F)cc1)NC(=O)CC1CSCCN1.Cl. The molecule has 1 aromatic carbocycles. The fraction of sp³-hybridized carbons (Fsp3) is 0.562. The van der Waals surface area contributed by atoms with Crippen molar-refractivity contribution in [2.24, 2.45) is 0 Å². The second-order valence-corrected chi connectivity index (χ2v) is 6.95. The minimum absolute atomic E-state index is 0. The number of carbonyl (C=O) groups is 1. The number of hydrogen-bond acceptors (Lipinski definition) is 3. The van der Waals surface area contributed by atoms with Gasteiger partial charge in [-0.3, -0.25) is 4.79 Å². The summed E-state index contributed by atoms with van der Waals surface area (Å²) in [6.07, 6.45) is -3.37. The Morgan fingerprint density at radius 3 is 2.58 bits per heavy atom. The van der Waals surface area contributed by atoms with Gasteiger partial charge in [-0.1, -0.05) is 12.1 Å². The Hall–Kier alpha value is -0.920. The number of halogens is 4. The Balaban J connectivity index is 0.00000288. The van der Waals surface area contributed by atoms with Gasteiger partial charge in [-0.05, 0) is 31.0 Å². The average Bonchev–Trinajstić information content (AvgIpc) is 2.47. The van der Waals surface area contributed by atoms with Crippen molar-refractivity contribution >= 4 is 30.1 Å². The molecule has 2 unspecified atom stereocenters. The van der Waals surface area contributed by atoms with Crippen molar-refractivity contribution in [3.63, 3.8) is 0 Å². The monoisotopic (exact) mass is 382 g/mol. The van der Waals surface area contributed by atoms with Gasteiger partial charge in [0.2, 0.25) is 5.91 Å². The topological polar surface area (TPSA) is 41.1 Å². The van der Waals surface area contributed by atoms with E-state index in [9.17, 15) is 18.0 Å². The van der Waals surface area contributed by atoms with Crippen LogP contribution in [0.5, 0.6) is 0 Å². The molecule has 0 radical (unpaired) electrons. The molecule has 136 valence electrons. The first-order chi connectivity index (χ1) is 10.8. The van der Waals surface area contributed by atoms with Crippen molar-refractivity contribution in [1.82, 2.24) is 10.6 Å². The molecule has 0 aliphatic carbocycles. The molecule has 1 aromatic rings. The highest BCUT2D eigenvalue weighted by Crippen LogP contribution is 2.29. The van der Waals surface area contributed by atoms with Crippen molar-refractivity contribution in [2.45, 2.75) is 38.0 Å². The molecule has 0 spiro atoms. The highest BCUT2D eigenvalue weighted by atomic mass is 35.5. The largest absolute Gasteiger partial charge is 0.416 e. The number of rotatable bonds is 5. The zero-order valence-corrected chi connectivity index (χ0v) is 15.0. The molecule has 0 bridgehead atoms. The van der Waals surface area contributed by atoms with Gasteiger partial charge in [-0.2, -0.15) is 24.9 Å². The van der Waals surface area contributed by atoms with Gasteiger partial charge in [-0.25, -0.2) is 0 Å². The first-order valence-corrected chi connectivity index (χ1v) is 8.76. The molecule has 1 amide bonds. The molecule has 2 rings (SSSR count). The molecule has 0 saturated carbocycles. The van der Waals surface area contributed by atoms with Gasteiger partial charge >= 0.3 is 6.18 Å². The van der Waals surface area contributed by atoms with Crippen LogP contribution in [0.2, 0.25) is 0 Å². The van der Waals surface area contributed by atoms with Gasteiger partial charge in [0.25, 0.3) is 0 Å². The van der Waals surface area contributed by atoms with Gasteiger partial charge in [0, 0.05) is 36.6 Å². The second kappa shape index (κ2) is 9.53. The Kier molecular flexibility index (Phi) is 8.39. The van der Waals surface area contributed by atoms with E-state index in [0.717, 1.165) is 35.7 Å². The fourth-order valence-corrected chi connectivity index (χ4v) is 3.49. The maximum Gasteiger partial charge on any atom is 0.416 e. The van der Waals surface area contributed by atoms with Crippen molar-refractivity contribution in [1.29, 1.82) is 0 Å². The maximum absolute atomic E-state index is 12.5. The molecule has 1 fully saturated rings. The predicted molar refractivity (Wildman–Crippen MR) is 93.7 cm³/mol. The molecule has 1 saturated heterocycles. The highest BCUT2D eigenvalue weighted by molar-refractivity contribution is 7.99. The molecule has 8 heteroatoms. The van der Waals surface area contributed by atoms with E-state index >= 15 is 0 Å². The minimum Gasteiger partial charge on any atom is -0.353 e. The quantitative estimate of drug-likeness (QED) is 0.821. The van der Waals surface area contributed by atoms with Gasteiger partial charge in [-0.15, -0.1) is 12.4 Å². The van der Waals surface area contributed by atoms with E-state index < -0.39 is 11.7 Å². The standard InChI is InChI=1S/C16H21F3N2OS.ClH/c1-11(21-15(22)9-14-10-23-7-6-20-14)8-12-2-4-13(5-3-12)16(17,18)19;/h2-5,11,14,20H,6-10H2,1H3,(H,21,22);1H. The second-order valence-electron chi connectivity index (χ2n) is 5.80. The van der Waals surface area contributed by atoms with Crippen LogP contribution in [0.3, 0.4) is 0 Å². The molecule has 1 aliphatic heterocycles. The lowest BCUT2D eigenvalue weighted by Gasteiger charge is -2.23. The summed E-state index contributed by atoms with van der Waals surface area (Å²) < 4.78 is 37.5. The molecular weight excluding hydrogens is 361 g/mol. The van der Waals surface area contributed by atoms with Crippen molar-refractivity contribution in [3.8, 4) is 0 Å². The molecule has 0 aromatic heterocycles. The summed E-state index contributed by atoms with van der Waals surface area (Å²) in [6, 6.07) is 5.16. The Morgan fingerprint density at radius 2 is 2.04 bits per heavy atom. The van der Waals surface area contributed by atoms with E-state index in [4.69, 9.17) is 0 Å². The Bertz CT molecular complexity index is 519. The number of carbonyl (C=O) groups excluding carboxylic acids is 1. The smallest absolute Gasteiger partial charge is 0.353 e. The van der Waals surface area contributed by atoms with E-state index in [1.54, 1.807) is 0 Å². The molecule has 24 heavy (non-hydrogen) atoms.